The normalized spacial score (nSPS) is 13.4. The summed E-state index contributed by atoms with van der Waals surface area (Å²) in [5, 5.41) is 2.18. The molecular formula is C19H17F2NO6. The molecule has 148 valence electrons. The number of methoxy groups -OCH3 is 1. The topological polar surface area (TPSA) is 83.1 Å². The predicted molar refractivity (Wildman–Crippen MR) is 93.8 cm³/mol. The number of fused-ring (bicyclic) bond motifs is 1. The van der Waals surface area contributed by atoms with Crippen LogP contribution in [0.15, 0.2) is 30.3 Å². The molecule has 28 heavy (non-hydrogen) atoms. The number of carbonyl (C=O) groups is 2. The second-order valence-electron chi connectivity index (χ2n) is 5.86. The zero-order chi connectivity index (χ0) is 20.3. The van der Waals surface area contributed by atoms with Crippen molar-refractivity contribution in [1.82, 2.24) is 0 Å². The van der Waals surface area contributed by atoms with E-state index < -0.39 is 29.6 Å². The van der Waals surface area contributed by atoms with E-state index >= 15 is 0 Å². The van der Waals surface area contributed by atoms with Crippen LogP contribution in [0, 0.1) is 11.6 Å². The van der Waals surface area contributed by atoms with Gasteiger partial charge in [-0.25, -0.2) is 13.6 Å². The number of hydrogen-bond acceptors (Lipinski definition) is 6. The van der Waals surface area contributed by atoms with Gasteiger partial charge in [0.2, 0.25) is 5.75 Å². The third-order valence-corrected chi connectivity index (χ3v) is 3.90. The van der Waals surface area contributed by atoms with E-state index in [1.54, 1.807) is 0 Å². The molecule has 2 aromatic rings. The van der Waals surface area contributed by atoms with E-state index in [4.69, 9.17) is 18.9 Å². The number of rotatable bonds is 5. The summed E-state index contributed by atoms with van der Waals surface area (Å²) in [6, 6.07) is 5.43. The van der Waals surface area contributed by atoms with Gasteiger partial charge in [-0.05, 0) is 31.2 Å². The van der Waals surface area contributed by atoms with Crippen LogP contribution in [0.4, 0.5) is 14.5 Å². The number of amides is 1. The standard InChI is InChI=1S/C19H17F2NO6/c1-10(18(23)22-14-9-12(20)3-4-13(14)21)28-19(24)11-7-15(25-2)17-16(8-11)26-5-6-27-17/h3-4,7-10H,5-6H2,1-2H3,(H,22,23)/t10-/m1/s1. The summed E-state index contributed by atoms with van der Waals surface area (Å²) in [5.74, 6) is -2.20. The minimum Gasteiger partial charge on any atom is -0.493 e. The highest BCUT2D eigenvalue weighted by Gasteiger charge is 2.24. The molecule has 0 aromatic heterocycles. The molecule has 2 aromatic carbocycles. The molecule has 0 radical (unpaired) electrons. The lowest BCUT2D eigenvalue weighted by Crippen LogP contribution is -2.30. The van der Waals surface area contributed by atoms with E-state index in [0.29, 0.717) is 24.7 Å². The molecule has 7 nitrogen and oxygen atoms in total. The Morgan fingerprint density at radius 1 is 1.14 bits per heavy atom. The zero-order valence-corrected chi connectivity index (χ0v) is 15.1. The van der Waals surface area contributed by atoms with Gasteiger partial charge in [-0.3, -0.25) is 4.79 Å². The first-order valence-electron chi connectivity index (χ1n) is 8.33. The summed E-state index contributed by atoms with van der Waals surface area (Å²) in [7, 11) is 1.41. The fraction of sp³-hybridized carbons (Fsp3) is 0.263. The minimum atomic E-state index is -1.27. The number of benzene rings is 2. The van der Waals surface area contributed by atoms with Crippen molar-refractivity contribution in [1.29, 1.82) is 0 Å². The molecule has 0 unspecified atom stereocenters. The van der Waals surface area contributed by atoms with Crippen LogP contribution in [-0.4, -0.2) is 38.3 Å². The predicted octanol–water partition coefficient (Wildman–Crippen LogP) is 2.93. The van der Waals surface area contributed by atoms with Crippen molar-refractivity contribution >= 4 is 17.6 Å². The summed E-state index contributed by atoms with van der Waals surface area (Å²) in [5.41, 5.74) is -0.272. The molecule has 0 aliphatic carbocycles. The van der Waals surface area contributed by atoms with Gasteiger partial charge in [-0.2, -0.15) is 0 Å². The fourth-order valence-electron chi connectivity index (χ4n) is 2.50. The lowest BCUT2D eigenvalue weighted by Gasteiger charge is -2.21. The van der Waals surface area contributed by atoms with Crippen molar-refractivity contribution in [2.45, 2.75) is 13.0 Å². The fourth-order valence-corrected chi connectivity index (χ4v) is 2.50. The molecular weight excluding hydrogens is 376 g/mol. The maximum absolute atomic E-state index is 13.6. The number of nitrogens with one attached hydrogen (secondary N) is 1. The molecule has 1 aliphatic heterocycles. The van der Waals surface area contributed by atoms with Gasteiger partial charge in [0, 0.05) is 6.07 Å². The van der Waals surface area contributed by atoms with Gasteiger partial charge in [0.05, 0.1) is 18.4 Å². The summed E-state index contributed by atoms with van der Waals surface area (Å²) in [6.45, 7) is 1.97. The molecule has 1 heterocycles. The van der Waals surface area contributed by atoms with E-state index in [1.807, 2.05) is 0 Å². The third kappa shape index (κ3) is 4.13. The van der Waals surface area contributed by atoms with Crippen molar-refractivity contribution in [3.63, 3.8) is 0 Å². The van der Waals surface area contributed by atoms with Crippen molar-refractivity contribution in [3.05, 3.63) is 47.5 Å². The van der Waals surface area contributed by atoms with Gasteiger partial charge >= 0.3 is 5.97 Å². The van der Waals surface area contributed by atoms with Crippen LogP contribution in [0.2, 0.25) is 0 Å². The van der Waals surface area contributed by atoms with E-state index in [1.165, 1.54) is 26.2 Å². The van der Waals surface area contributed by atoms with Gasteiger partial charge < -0.3 is 24.3 Å². The van der Waals surface area contributed by atoms with E-state index in [2.05, 4.69) is 5.32 Å². The molecule has 1 aliphatic rings. The SMILES string of the molecule is COc1cc(C(=O)O[C@H](C)C(=O)Nc2cc(F)ccc2F)cc2c1OCCO2. The van der Waals surface area contributed by atoms with Crippen LogP contribution in [0.5, 0.6) is 17.2 Å². The highest BCUT2D eigenvalue weighted by molar-refractivity contribution is 5.97. The molecule has 1 atom stereocenters. The number of esters is 1. The lowest BCUT2D eigenvalue weighted by atomic mass is 10.1. The first-order chi connectivity index (χ1) is 13.4. The number of halogens is 2. The third-order valence-electron chi connectivity index (χ3n) is 3.90. The smallest absolute Gasteiger partial charge is 0.339 e. The van der Waals surface area contributed by atoms with E-state index in [-0.39, 0.29) is 17.0 Å². The maximum atomic E-state index is 13.6. The van der Waals surface area contributed by atoms with Crippen molar-refractivity contribution in [3.8, 4) is 17.2 Å². The van der Waals surface area contributed by atoms with Crippen LogP contribution >= 0.6 is 0 Å². The molecule has 0 saturated heterocycles. The number of anilines is 1. The van der Waals surface area contributed by atoms with Crippen molar-refractivity contribution in [2.75, 3.05) is 25.6 Å². The Morgan fingerprint density at radius 2 is 1.89 bits per heavy atom. The summed E-state index contributed by atoms with van der Waals surface area (Å²) in [4.78, 5) is 24.6. The largest absolute Gasteiger partial charge is 0.493 e. The Balaban J connectivity index is 1.71. The molecule has 0 fully saturated rings. The van der Waals surface area contributed by atoms with Crippen LogP contribution in [0.1, 0.15) is 17.3 Å². The average molecular weight is 393 g/mol. The van der Waals surface area contributed by atoms with E-state index in [0.717, 1.165) is 18.2 Å². The monoisotopic (exact) mass is 393 g/mol. The summed E-state index contributed by atoms with van der Waals surface area (Å²) >= 11 is 0. The van der Waals surface area contributed by atoms with Gasteiger partial charge in [-0.1, -0.05) is 0 Å². The molecule has 3 rings (SSSR count). The Labute approximate surface area is 159 Å². The van der Waals surface area contributed by atoms with Crippen LogP contribution in [0.25, 0.3) is 0 Å². The Hall–Kier alpha value is -3.36. The molecule has 1 N–H and O–H groups in total. The van der Waals surface area contributed by atoms with Crippen LogP contribution < -0.4 is 19.5 Å². The second kappa shape index (κ2) is 8.12. The van der Waals surface area contributed by atoms with Gasteiger partial charge in [-0.15, -0.1) is 0 Å². The summed E-state index contributed by atoms with van der Waals surface area (Å²) in [6.07, 6.45) is -1.27. The number of ether oxygens (including phenoxy) is 4. The summed E-state index contributed by atoms with van der Waals surface area (Å²) < 4.78 is 48.0. The molecule has 1 amide bonds. The molecule has 0 saturated carbocycles. The van der Waals surface area contributed by atoms with Crippen molar-refractivity contribution in [2.24, 2.45) is 0 Å². The van der Waals surface area contributed by atoms with Crippen LogP contribution in [0.3, 0.4) is 0 Å². The Bertz CT molecular complexity index is 900. The first kappa shape index (κ1) is 19.4. The van der Waals surface area contributed by atoms with Gasteiger partial charge in [0.25, 0.3) is 5.91 Å². The Kier molecular flexibility index (Phi) is 5.62. The quantitative estimate of drug-likeness (QED) is 0.787. The highest BCUT2D eigenvalue weighted by Crippen LogP contribution is 2.40. The maximum Gasteiger partial charge on any atom is 0.339 e. The molecule has 9 heteroatoms. The highest BCUT2D eigenvalue weighted by atomic mass is 19.1. The van der Waals surface area contributed by atoms with E-state index in [9.17, 15) is 18.4 Å². The first-order valence-corrected chi connectivity index (χ1v) is 8.33. The number of hydrogen-bond donors (Lipinski definition) is 1. The molecule has 0 spiro atoms. The average Bonchev–Trinajstić information content (AvgIpc) is 2.69. The van der Waals surface area contributed by atoms with Crippen LogP contribution in [-0.2, 0) is 9.53 Å². The Morgan fingerprint density at radius 3 is 2.64 bits per heavy atom. The number of carbonyl (C=O) groups excluding carboxylic acids is 2. The molecule has 0 bridgehead atoms. The van der Waals surface area contributed by atoms with Gasteiger partial charge in [0.1, 0.15) is 24.8 Å². The lowest BCUT2D eigenvalue weighted by molar-refractivity contribution is -0.123. The second-order valence-corrected chi connectivity index (χ2v) is 5.86. The minimum absolute atomic E-state index is 0.0812. The zero-order valence-electron chi connectivity index (χ0n) is 15.1. The van der Waals surface area contributed by atoms with Crippen molar-refractivity contribution < 1.29 is 37.3 Å². The van der Waals surface area contributed by atoms with Gasteiger partial charge in [0.15, 0.2) is 17.6 Å².